The van der Waals surface area contributed by atoms with Crippen LogP contribution in [0, 0.1) is 5.41 Å². The zero-order valence-corrected chi connectivity index (χ0v) is 11.2. The van der Waals surface area contributed by atoms with Gasteiger partial charge < -0.3 is 4.74 Å². The van der Waals surface area contributed by atoms with Crippen molar-refractivity contribution in [3.63, 3.8) is 0 Å². The predicted molar refractivity (Wildman–Crippen MR) is 66.2 cm³/mol. The first kappa shape index (κ1) is 13.3. The van der Waals surface area contributed by atoms with Crippen molar-refractivity contribution in [1.29, 1.82) is 0 Å². The number of carbonyl (C=O) groups is 1. The van der Waals surface area contributed by atoms with Gasteiger partial charge in [0.05, 0.1) is 0 Å². The lowest BCUT2D eigenvalue weighted by Crippen LogP contribution is -2.23. The van der Waals surface area contributed by atoms with Crippen LogP contribution in [0.4, 0.5) is 0 Å². The maximum Gasteiger partial charge on any atom is 0.331 e. The number of allylic oxidation sites excluding steroid dienone is 1. The molecular weight excluding hydrogens is 200 g/mol. The molecule has 0 aromatic carbocycles. The highest BCUT2D eigenvalue weighted by molar-refractivity contribution is 5.83. The molecule has 0 spiro atoms. The summed E-state index contributed by atoms with van der Waals surface area (Å²) in [5.41, 5.74) is 1.29. The molecule has 0 unspecified atom stereocenters. The summed E-state index contributed by atoms with van der Waals surface area (Å²) in [6.45, 7) is 10.3. The van der Waals surface area contributed by atoms with Gasteiger partial charge in [-0.3, -0.25) is 0 Å². The van der Waals surface area contributed by atoms with Crippen molar-refractivity contribution >= 4 is 5.97 Å². The second-order valence-electron chi connectivity index (χ2n) is 6.50. The molecule has 1 fully saturated rings. The fraction of sp³-hybridized carbons (Fsp3) is 0.786. The topological polar surface area (TPSA) is 26.3 Å². The first-order valence-electron chi connectivity index (χ1n) is 6.10. The molecule has 0 saturated heterocycles. The lowest BCUT2D eigenvalue weighted by Gasteiger charge is -2.30. The first-order valence-corrected chi connectivity index (χ1v) is 6.10. The second kappa shape index (κ2) is 4.60. The first-order chi connectivity index (χ1) is 7.18. The Kier molecular flexibility index (Phi) is 3.82. The molecule has 2 nitrogen and oxygen atoms in total. The van der Waals surface area contributed by atoms with Crippen LogP contribution in [0.1, 0.15) is 60.3 Å². The Morgan fingerprint density at radius 3 is 2.19 bits per heavy atom. The van der Waals surface area contributed by atoms with Gasteiger partial charge in [-0.2, -0.15) is 0 Å². The van der Waals surface area contributed by atoms with E-state index in [-0.39, 0.29) is 11.6 Å². The lowest BCUT2D eigenvalue weighted by atomic mass is 9.75. The van der Waals surface area contributed by atoms with Gasteiger partial charge in [0.15, 0.2) is 0 Å². The summed E-state index contributed by atoms with van der Waals surface area (Å²) in [4.78, 5) is 11.6. The molecule has 0 aromatic heterocycles. The van der Waals surface area contributed by atoms with E-state index in [2.05, 4.69) is 13.8 Å². The van der Waals surface area contributed by atoms with E-state index >= 15 is 0 Å². The van der Waals surface area contributed by atoms with Crippen molar-refractivity contribution in [1.82, 2.24) is 0 Å². The van der Waals surface area contributed by atoms with E-state index < -0.39 is 0 Å². The van der Waals surface area contributed by atoms with Gasteiger partial charge in [-0.15, -0.1) is 0 Å². The van der Waals surface area contributed by atoms with Crippen LogP contribution in [0.5, 0.6) is 0 Å². The highest BCUT2D eigenvalue weighted by Crippen LogP contribution is 2.37. The Hall–Kier alpha value is -0.790. The van der Waals surface area contributed by atoms with Crippen molar-refractivity contribution in [2.45, 2.75) is 65.9 Å². The predicted octanol–water partition coefficient (Wildman–Crippen LogP) is 3.85. The minimum absolute atomic E-state index is 0.192. The molecule has 0 aromatic rings. The smallest absolute Gasteiger partial charge is 0.331 e. The van der Waals surface area contributed by atoms with Gasteiger partial charge in [-0.1, -0.05) is 19.4 Å². The number of rotatable bonds is 1. The Morgan fingerprint density at radius 1 is 1.25 bits per heavy atom. The third-order valence-corrected chi connectivity index (χ3v) is 2.97. The van der Waals surface area contributed by atoms with Crippen LogP contribution in [-0.4, -0.2) is 11.6 Å². The average molecular weight is 224 g/mol. The van der Waals surface area contributed by atoms with Crippen LogP contribution in [0.3, 0.4) is 0 Å². The maximum absolute atomic E-state index is 11.6. The highest BCUT2D eigenvalue weighted by Gasteiger charge is 2.24. The third-order valence-electron chi connectivity index (χ3n) is 2.97. The number of hydrogen-bond acceptors (Lipinski definition) is 2. The molecule has 0 N–H and O–H groups in total. The average Bonchev–Trinajstić information content (AvgIpc) is 2.05. The zero-order valence-electron chi connectivity index (χ0n) is 11.2. The number of esters is 1. The van der Waals surface area contributed by atoms with Crippen molar-refractivity contribution in [2.24, 2.45) is 5.41 Å². The second-order valence-corrected chi connectivity index (χ2v) is 6.50. The third kappa shape index (κ3) is 4.82. The number of carbonyl (C=O) groups excluding carboxylic acids is 1. The van der Waals surface area contributed by atoms with Crippen molar-refractivity contribution < 1.29 is 9.53 Å². The van der Waals surface area contributed by atoms with E-state index in [4.69, 9.17) is 4.74 Å². The SMILES string of the molecule is CC1(C)CCC(=CC(=O)OC(C)(C)C)CC1. The largest absolute Gasteiger partial charge is 0.457 e. The highest BCUT2D eigenvalue weighted by atomic mass is 16.6. The van der Waals surface area contributed by atoms with Crippen molar-refractivity contribution in [3.05, 3.63) is 11.6 Å². The molecule has 16 heavy (non-hydrogen) atoms. The van der Waals surface area contributed by atoms with Gasteiger partial charge in [0.2, 0.25) is 0 Å². The summed E-state index contributed by atoms with van der Waals surface area (Å²) < 4.78 is 5.28. The van der Waals surface area contributed by atoms with Gasteiger partial charge in [0.1, 0.15) is 5.60 Å². The van der Waals surface area contributed by atoms with E-state index in [1.54, 1.807) is 6.08 Å². The summed E-state index contributed by atoms with van der Waals surface area (Å²) in [5.74, 6) is -0.192. The summed E-state index contributed by atoms with van der Waals surface area (Å²) in [6, 6.07) is 0. The molecule has 1 rings (SSSR count). The van der Waals surface area contributed by atoms with Crippen LogP contribution in [0.25, 0.3) is 0 Å². The van der Waals surface area contributed by atoms with Crippen LogP contribution < -0.4 is 0 Å². The minimum atomic E-state index is -0.387. The van der Waals surface area contributed by atoms with Crippen LogP contribution in [0.15, 0.2) is 11.6 Å². The fourth-order valence-corrected chi connectivity index (χ4v) is 1.89. The Bertz CT molecular complexity index is 280. The fourth-order valence-electron chi connectivity index (χ4n) is 1.89. The molecule has 1 aliphatic carbocycles. The van der Waals surface area contributed by atoms with Crippen molar-refractivity contribution in [2.75, 3.05) is 0 Å². The van der Waals surface area contributed by atoms with Crippen LogP contribution in [0.2, 0.25) is 0 Å². The maximum atomic E-state index is 11.6. The zero-order chi connectivity index (χ0) is 12.4. The van der Waals surface area contributed by atoms with Gasteiger partial charge >= 0.3 is 5.97 Å². The van der Waals surface area contributed by atoms with Crippen molar-refractivity contribution in [3.8, 4) is 0 Å². The molecule has 0 aliphatic heterocycles. The lowest BCUT2D eigenvalue weighted by molar-refractivity contribution is -0.148. The molecule has 0 bridgehead atoms. The molecule has 1 aliphatic rings. The van der Waals surface area contributed by atoms with E-state index in [0.717, 1.165) is 12.8 Å². The van der Waals surface area contributed by atoms with Gasteiger partial charge in [0, 0.05) is 6.08 Å². The van der Waals surface area contributed by atoms with E-state index in [9.17, 15) is 4.79 Å². The quantitative estimate of drug-likeness (QED) is 0.499. The monoisotopic (exact) mass is 224 g/mol. The summed E-state index contributed by atoms with van der Waals surface area (Å²) in [5, 5.41) is 0. The number of hydrogen-bond donors (Lipinski definition) is 0. The van der Waals surface area contributed by atoms with Gasteiger partial charge in [0.25, 0.3) is 0 Å². The van der Waals surface area contributed by atoms with E-state index in [0.29, 0.717) is 5.41 Å². The van der Waals surface area contributed by atoms with E-state index in [1.807, 2.05) is 20.8 Å². The van der Waals surface area contributed by atoms with Gasteiger partial charge in [-0.05, 0) is 51.9 Å². The molecule has 92 valence electrons. The Morgan fingerprint density at radius 2 is 1.75 bits per heavy atom. The summed E-state index contributed by atoms with van der Waals surface area (Å²) in [7, 11) is 0. The summed E-state index contributed by atoms with van der Waals surface area (Å²) >= 11 is 0. The van der Waals surface area contributed by atoms with Crippen LogP contribution >= 0.6 is 0 Å². The normalized spacial score (nSPS) is 20.4. The van der Waals surface area contributed by atoms with E-state index in [1.165, 1.54) is 18.4 Å². The minimum Gasteiger partial charge on any atom is -0.457 e. The molecule has 0 heterocycles. The molecule has 0 radical (unpaired) electrons. The molecule has 1 saturated carbocycles. The molecule has 0 amide bonds. The van der Waals surface area contributed by atoms with Crippen LogP contribution in [-0.2, 0) is 9.53 Å². The Balaban J connectivity index is 2.50. The number of ether oxygens (including phenoxy) is 1. The Labute approximate surface area is 99.1 Å². The molecule has 2 heteroatoms. The standard InChI is InChI=1S/C14H24O2/c1-13(2,3)16-12(15)10-11-6-8-14(4,5)9-7-11/h10H,6-9H2,1-5H3. The molecular formula is C14H24O2. The van der Waals surface area contributed by atoms with Gasteiger partial charge in [-0.25, -0.2) is 4.79 Å². The molecule has 0 atom stereocenters. The summed E-state index contributed by atoms with van der Waals surface area (Å²) in [6.07, 6.45) is 6.10.